The molecule has 96 valence electrons. The minimum absolute atomic E-state index is 0.743. The molecule has 2 unspecified atom stereocenters. The fourth-order valence-electron chi connectivity index (χ4n) is 2.92. The molecule has 1 saturated heterocycles. The molecule has 16 heavy (non-hydrogen) atoms. The van der Waals surface area contributed by atoms with Gasteiger partial charge in [0.05, 0.1) is 0 Å². The van der Waals surface area contributed by atoms with Crippen molar-refractivity contribution in [1.29, 1.82) is 0 Å². The van der Waals surface area contributed by atoms with Crippen LogP contribution in [0.25, 0.3) is 0 Å². The summed E-state index contributed by atoms with van der Waals surface area (Å²) < 4.78 is 0. The molecule has 0 spiro atoms. The maximum Gasteiger partial charge on any atom is 0.0198 e. The Bertz CT molecular complexity index is 156. The highest BCUT2D eigenvalue weighted by Crippen LogP contribution is 2.21. The first-order valence-electron chi connectivity index (χ1n) is 7.25. The molecule has 0 aromatic rings. The van der Waals surface area contributed by atoms with Gasteiger partial charge in [-0.3, -0.25) is 0 Å². The summed E-state index contributed by atoms with van der Waals surface area (Å²) >= 11 is 0. The summed E-state index contributed by atoms with van der Waals surface area (Å²) in [6.45, 7) is 11.9. The Morgan fingerprint density at radius 2 is 1.94 bits per heavy atom. The van der Waals surface area contributed by atoms with Crippen LogP contribution in [0.2, 0.25) is 0 Å². The Morgan fingerprint density at radius 1 is 1.12 bits per heavy atom. The summed E-state index contributed by atoms with van der Waals surface area (Å²) in [6, 6.07) is 0.743. The molecule has 1 fully saturated rings. The highest BCUT2D eigenvalue weighted by molar-refractivity contribution is 4.83. The zero-order valence-electron chi connectivity index (χ0n) is 11.5. The second-order valence-corrected chi connectivity index (χ2v) is 5.26. The zero-order chi connectivity index (χ0) is 11.8. The molecule has 0 amide bonds. The van der Waals surface area contributed by atoms with Crippen molar-refractivity contribution in [1.82, 2.24) is 10.2 Å². The number of likely N-dealkylation sites (tertiary alicyclic amines) is 1. The minimum Gasteiger partial charge on any atom is -0.313 e. The van der Waals surface area contributed by atoms with Crippen LogP contribution in [-0.4, -0.2) is 37.1 Å². The van der Waals surface area contributed by atoms with E-state index in [2.05, 4.69) is 31.0 Å². The lowest BCUT2D eigenvalue weighted by atomic mass is 9.90. The minimum atomic E-state index is 0.743. The van der Waals surface area contributed by atoms with Gasteiger partial charge in [0.25, 0.3) is 0 Å². The molecular formula is C14H30N2. The topological polar surface area (TPSA) is 15.3 Å². The quantitative estimate of drug-likeness (QED) is 0.718. The lowest BCUT2D eigenvalue weighted by Gasteiger charge is -2.38. The van der Waals surface area contributed by atoms with Crippen molar-refractivity contribution in [3.63, 3.8) is 0 Å². The standard InChI is InChI=1S/C14H30N2/c1-4-7-9-16-11-13(8-5-2)10-14(12-16)15-6-3/h13-15H,4-12H2,1-3H3. The van der Waals surface area contributed by atoms with Gasteiger partial charge in [0.15, 0.2) is 0 Å². The van der Waals surface area contributed by atoms with E-state index in [1.807, 2.05) is 0 Å². The molecule has 2 heteroatoms. The van der Waals surface area contributed by atoms with Crippen LogP contribution < -0.4 is 5.32 Å². The van der Waals surface area contributed by atoms with Gasteiger partial charge in [-0.05, 0) is 38.3 Å². The van der Waals surface area contributed by atoms with Gasteiger partial charge < -0.3 is 10.2 Å². The number of likely N-dealkylation sites (N-methyl/N-ethyl adjacent to an activating group) is 1. The van der Waals surface area contributed by atoms with E-state index in [9.17, 15) is 0 Å². The second-order valence-electron chi connectivity index (χ2n) is 5.26. The van der Waals surface area contributed by atoms with Crippen molar-refractivity contribution < 1.29 is 0 Å². The Morgan fingerprint density at radius 3 is 2.56 bits per heavy atom. The molecule has 0 aromatic heterocycles. The molecule has 0 saturated carbocycles. The SMILES string of the molecule is CCCCN1CC(CCC)CC(NCC)C1. The zero-order valence-corrected chi connectivity index (χ0v) is 11.5. The predicted octanol–water partition coefficient (Wildman–Crippen LogP) is 2.89. The van der Waals surface area contributed by atoms with E-state index in [0.717, 1.165) is 18.5 Å². The van der Waals surface area contributed by atoms with Crippen LogP contribution in [0.1, 0.15) is 52.9 Å². The Labute approximate surface area is 102 Å². The Hall–Kier alpha value is -0.0800. The van der Waals surface area contributed by atoms with Gasteiger partial charge >= 0.3 is 0 Å². The number of hydrogen-bond acceptors (Lipinski definition) is 2. The van der Waals surface area contributed by atoms with E-state index >= 15 is 0 Å². The molecule has 0 radical (unpaired) electrons. The van der Waals surface area contributed by atoms with Crippen LogP contribution in [0.15, 0.2) is 0 Å². The van der Waals surface area contributed by atoms with Crippen LogP contribution in [-0.2, 0) is 0 Å². The van der Waals surface area contributed by atoms with Crippen LogP contribution in [0.3, 0.4) is 0 Å². The van der Waals surface area contributed by atoms with Crippen molar-refractivity contribution in [3.8, 4) is 0 Å². The molecule has 0 aliphatic carbocycles. The monoisotopic (exact) mass is 226 g/mol. The van der Waals surface area contributed by atoms with Gasteiger partial charge in [0.1, 0.15) is 0 Å². The Kier molecular flexibility index (Phi) is 7.06. The number of piperidine rings is 1. The summed E-state index contributed by atoms with van der Waals surface area (Å²) in [5.74, 6) is 0.930. The maximum absolute atomic E-state index is 3.64. The third-order valence-electron chi connectivity index (χ3n) is 3.63. The smallest absolute Gasteiger partial charge is 0.0198 e. The predicted molar refractivity (Wildman–Crippen MR) is 71.8 cm³/mol. The third-order valence-corrected chi connectivity index (χ3v) is 3.63. The van der Waals surface area contributed by atoms with Crippen molar-refractivity contribution in [2.75, 3.05) is 26.2 Å². The van der Waals surface area contributed by atoms with E-state index < -0.39 is 0 Å². The average molecular weight is 226 g/mol. The van der Waals surface area contributed by atoms with Gasteiger partial charge in [0.2, 0.25) is 0 Å². The molecular weight excluding hydrogens is 196 g/mol. The normalized spacial score (nSPS) is 27.2. The molecule has 0 bridgehead atoms. The molecule has 0 aromatic carbocycles. The molecule has 2 atom stereocenters. The summed E-state index contributed by atoms with van der Waals surface area (Å²) in [5, 5.41) is 3.64. The highest BCUT2D eigenvalue weighted by Gasteiger charge is 2.25. The molecule has 1 N–H and O–H groups in total. The van der Waals surface area contributed by atoms with Gasteiger partial charge in [-0.1, -0.05) is 33.6 Å². The second kappa shape index (κ2) is 8.08. The summed E-state index contributed by atoms with van der Waals surface area (Å²) in [6.07, 6.45) is 6.82. The highest BCUT2D eigenvalue weighted by atomic mass is 15.2. The van der Waals surface area contributed by atoms with Crippen molar-refractivity contribution in [2.24, 2.45) is 5.92 Å². The molecule has 1 aliphatic rings. The summed E-state index contributed by atoms with van der Waals surface area (Å²) in [4.78, 5) is 2.68. The van der Waals surface area contributed by atoms with Crippen molar-refractivity contribution in [2.45, 2.75) is 58.9 Å². The lowest BCUT2D eigenvalue weighted by molar-refractivity contribution is 0.135. The van der Waals surface area contributed by atoms with Crippen molar-refractivity contribution in [3.05, 3.63) is 0 Å². The van der Waals surface area contributed by atoms with Gasteiger partial charge in [-0.2, -0.15) is 0 Å². The van der Waals surface area contributed by atoms with Crippen LogP contribution in [0.5, 0.6) is 0 Å². The molecule has 2 nitrogen and oxygen atoms in total. The van der Waals surface area contributed by atoms with E-state index in [1.165, 1.54) is 51.7 Å². The molecule has 1 heterocycles. The summed E-state index contributed by atoms with van der Waals surface area (Å²) in [7, 11) is 0. The van der Waals surface area contributed by atoms with Gasteiger partial charge in [-0.15, -0.1) is 0 Å². The van der Waals surface area contributed by atoms with Crippen LogP contribution in [0, 0.1) is 5.92 Å². The first-order chi connectivity index (χ1) is 7.80. The fourth-order valence-corrected chi connectivity index (χ4v) is 2.92. The number of hydrogen-bond donors (Lipinski definition) is 1. The van der Waals surface area contributed by atoms with Gasteiger partial charge in [-0.25, -0.2) is 0 Å². The van der Waals surface area contributed by atoms with Crippen LogP contribution >= 0.6 is 0 Å². The largest absolute Gasteiger partial charge is 0.313 e. The fraction of sp³-hybridized carbons (Fsp3) is 1.00. The number of unbranched alkanes of at least 4 members (excludes halogenated alkanes) is 1. The molecule has 1 aliphatic heterocycles. The number of nitrogens with zero attached hydrogens (tertiary/aromatic N) is 1. The summed E-state index contributed by atoms with van der Waals surface area (Å²) in [5.41, 5.74) is 0. The molecule has 1 rings (SSSR count). The first kappa shape index (κ1) is 14.0. The van der Waals surface area contributed by atoms with E-state index in [0.29, 0.717) is 0 Å². The van der Waals surface area contributed by atoms with E-state index in [4.69, 9.17) is 0 Å². The lowest BCUT2D eigenvalue weighted by Crippen LogP contribution is -2.49. The van der Waals surface area contributed by atoms with E-state index in [-0.39, 0.29) is 0 Å². The van der Waals surface area contributed by atoms with E-state index in [1.54, 1.807) is 0 Å². The van der Waals surface area contributed by atoms with Gasteiger partial charge in [0, 0.05) is 19.1 Å². The third kappa shape index (κ3) is 4.84. The number of nitrogens with one attached hydrogen (secondary N) is 1. The maximum atomic E-state index is 3.64. The average Bonchev–Trinajstić information content (AvgIpc) is 2.27. The van der Waals surface area contributed by atoms with Crippen LogP contribution in [0.4, 0.5) is 0 Å². The first-order valence-corrected chi connectivity index (χ1v) is 7.25. The number of rotatable bonds is 7. The van der Waals surface area contributed by atoms with Crippen molar-refractivity contribution >= 4 is 0 Å². The Balaban J connectivity index is 2.38.